The van der Waals surface area contributed by atoms with Crippen LogP contribution in [0.1, 0.15) is 5.56 Å². The van der Waals surface area contributed by atoms with Crippen LogP contribution in [0.5, 0.6) is 0 Å². The van der Waals surface area contributed by atoms with Crippen molar-refractivity contribution in [2.75, 3.05) is 0 Å². The van der Waals surface area contributed by atoms with Crippen molar-refractivity contribution in [2.45, 2.75) is 6.42 Å². The summed E-state index contributed by atoms with van der Waals surface area (Å²) in [5, 5.41) is 8.51. The molecule has 0 radical (unpaired) electrons. The summed E-state index contributed by atoms with van der Waals surface area (Å²) in [6.45, 7) is 0. The minimum atomic E-state index is -0.486. The Morgan fingerprint density at radius 2 is 2.38 bits per heavy atom. The molecule has 0 amide bonds. The molecule has 0 aliphatic carbocycles. The largest absolute Gasteiger partial charge is 0.417 e. The molecule has 13 heavy (non-hydrogen) atoms. The number of rotatable bonds is 1. The number of hydrogen-bond acceptors (Lipinski definition) is 3. The molecule has 0 saturated carbocycles. The maximum atomic E-state index is 10.8. The molecule has 0 aliphatic rings. The van der Waals surface area contributed by atoms with Gasteiger partial charge in [-0.25, -0.2) is 4.79 Å². The number of oxazole rings is 1. The number of nitrogens with zero attached hydrogens (tertiary/aromatic N) is 1. The number of benzene rings is 1. The minimum absolute atomic E-state index is 0.271. The maximum absolute atomic E-state index is 10.8. The number of aromatic amines is 1. The molecule has 2 rings (SSSR count). The summed E-state index contributed by atoms with van der Waals surface area (Å²) in [6.07, 6.45) is 0.271. The lowest BCUT2D eigenvalue weighted by Crippen LogP contribution is -1.94. The fraction of sp³-hybridized carbons (Fsp3) is 0.111. The lowest BCUT2D eigenvalue weighted by molar-refractivity contribution is 0.555. The zero-order valence-electron chi connectivity index (χ0n) is 6.70. The topological polar surface area (TPSA) is 69.8 Å². The van der Waals surface area contributed by atoms with E-state index in [0.717, 1.165) is 5.56 Å². The molecule has 1 aromatic heterocycles. The van der Waals surface area contributed by atoms with Gasteiger partial charge in [0.25, 0.3) is 0 Å². The molecule has 1 N–H and O–H groups in total. The van der Waals surface area contributed by atoms with Gasteiger partial charge in [-0.05, 0) is 11.6 Å². The molecule has 2 aromatic rings. The average molecular weight is 174 g/mol. The number of hydrogen-bond donors (Lipinski definition) is 1. The lowest BCUT2D eigenvalue weighted by atomic mass is 10.1. The number of para-hydroxylation sites is 1. The van der Waals surface area contributed by atoms with Crippen molar-refractivity contribution in [2.24, 2.45) is 0 Å². The Morgan fingerprint density at radius 3 is 3.15 bits per heavy atom. The third-order valence-electron chi connectivity index (χ3n) is 1.81. The number of aromatic nitrogens is 1. The van der Waals surface area contributed by atoms with Gasteiger partial charge in [-0.3, -0.25) is 4.98 Å². The van der Waals surface area contributed by atoms with Crippen LogP contribution in [0, 0.1) is 11.3 Å². The highest BCUT2D eigenvalue weighted by Gasteiger charge is 2.04. The summed E-state index contributed by atoms with van der Waals surface area (Å²) in [4.78, 5) is 13.4. The normalized spacial score (nSPS) is 10.1. The SMILES string of the molecule is N#CCc1cccc2oc(=O)[nH]c12. The molecule has 1 heterocycles. The zero-order chi connectivity index (χ0) is 9.26. The molecule has 64 valence electrons. The van der Waals surface area contributed by atoms with Gasteiger partial charge in [0, 0.05) is 0 Å². The first kappa shape index (κ1) is 7.62. The van der Waals surface area contributed by atoms with Crippen molar-refractivity contribution in [3.05, 3.63) is 34.3 Å². The minimum Gasteiger partial charge on any atom is -0.408 e. The predicted molar refractivity (Wildman–Crippen MR) is 46.2 cm³/mol. The molecule has 4 heteroatoms. The van der Waals surface area contributed by atoms with Gasteiger partial charge in [0.05, 0.1) is 18.0 Å². The van der Waals surface area contributed by atoms with Gasteiger partial charge >= 0.3 is 5.76 Å². The van der Waals surface area contributed by atoms with Crippen molar-refractivity contribution in [3.8, 4) is 6.07 Å². The quantitative estimate of drug-likeness (QED) is 0.705. The van der Waals surface area contributed by atoms with Gasteiger partial charge in [0.15, 0.2) is 5.58 Å². The third kappa shape index (κ3) is 1.20. The van der Waals surface area contributed by atoms with Crippen LogP contribution in [0.15, 0.2) is 27.4 Å². The second-order valence-electron chi connectivity index (χ2n) is 2.64. The summed E-state index contributed by atoms with van der Waals surface area (Å²) in [5.41, 5.74) is 1.90. The molecule has 0 saturated heterocycles. The zero-order valence-corrected chi connectivity index (χ0v) is 6.70. The van der Waals surface area contributed by atoms with E-state index in [1.807, 2.05) is 6.07 Å². The molecular weight excluding hydrogens is 168 g/mol. The molecule has 0 bridgehead atoms. The molecule has 0 unspecified atom stereocenters. The van der Waals surface area contributed by atoms with Gasteiger partial charge in [-0.1, -0.05) is 12.1 Å². The van der Waals surface area contributed by atoms with Crippen molar-refractivity contribution >= 4 is 11.1 Å². The standard InChI is InChI=1S/C9H6N2O2/c10-5-4-6-2-1-3-7-8(6)11-9(12)13-7/h1-3H,4H2,(H,11,12). The molecular formula is C9H6N2O2. The second kappa shape index (κ2) is 2.79. The molecule has 0 fully saturated rings. The van der Waals surface area contributed by atoms with Crippen LogP contribution in [0.4, 0.5) is 0 Å². The van der Waals surface area contributed by atoms with E-state index in [2.05, 4.69) is 4.98 Å². The van der Waals surface area contributed by atoms with E-state index >= 15 is 0 Å². The Hall–Kier alpha value is -2.02. The van der Waals surface area contributed by atoms with E-state index in [0.29, 0.717) is 11.1 Å². The number of fused-ring (bicyclic) bond motifs is 1. The highest BCUT2D eigenvalue weighted by Crippen LogP contribution is 2.14. The monoisotopic (exact) mass is 174 g/mol. The molecule has 1 aromatic carbocycles. The van der Waals surface area contributed by atoms with Crippen molar-refractivity contribution < 1.29 is 4.42 Å². The van der Waals surface area contributed by atoms with Crippen molar-refractivity contribution in [1.29, 1.82) is 5.26 Å². The summed E-state index contributed by atoms with van der Waals surface area (Å²) in [7, 11) is 0. The van der Waals surface area contributed by atoms with E-state index in [-0.39, 0.29) is 6.42 Å². The fourth-order valence-corrected chi connectivity index (χ4v) is 1.26. The molecule has 0 spiro atoms. The highest BCUT2D eigenvalue weighted by molar-refractivity contribution is 5.76. The van der Waals surface area contributed by atoms with Crippen LogP contribution >= 0.6 is 0 Å². The van der Waals surface area contributed by atoms with Gasteiger partial charge < -0.3 is 4.42 Å². The predicted octanol–water partition coefficient (Wildman–Crippen LogP) is 1.19. The van der Waals surface area contributed by atoms with Crippen molar-refractivity contribution in [1.82, 2.24) is 4.98 Å². The Labute approximate surface area is 73.4 Å². The first-order valence-electron chi connectivity index (χ1n) is 3.79. The van der Waals surface area contributed by atoms with Crippen LogP contribution in [-0.2, 0) is 6.42 Å². The summed E-state index contributed by atoms with van der Waals surface area (Å²) in [5.74, 6) is -0.486. The van der Waals surface area contributed by atoms with Crippen molar-refractivity contribution in [3.63, 3.8) is 0 Å². The fourth-order valence-electron chi connectivity index (χ4n) is 1.26. The smallest absolute Gasteiger partial charge is 0.408 e. The Balaban J connectivity index is 2.76. The van der Waals surface area contributed by atoms with E-state index in [9.17, 15) is 4.79 Å². The van der Waals surface area contributed by atoms with Crippen LogP contribution in [0.2, 0.25) is 0 Å². The van der Waals surface area contributed by atoms with Crippen LogP contribution < -0.4 is 5.76 Å². The molecule has 0 aliphatic heterocycles. The Bertz CT molecular complexity index is 530. The number of nitrogens with one attached hydrogen (secondary N) is 1. The molecule has 0 atom stereocenters. The average Bonchev–Trinajstić information content (AvgIpc) is 2.47. The van der Waals surface area contributed by atoms with E-state index in [1.165, 1.54) is 0 Å². The summed E-state index contributed by atoms with van der Waals surface area (Å²) >= 11 is 0. The van der Waals surface area contributed by atoms with Gasteiger partial charge in [0.2, 0.25) is 0 Å². The van der Waals surface area contributed by atoms with Gasteiger partial charge in [0.1, 0.15) is 0 Å². The number of H-pyrrole nitrogens is 1. The van der Waals surface area contributed by atoms with E-state index in [4.69, 9.17) is 9.68 Å². The van der Waals surface area contributed by atoms with Crippen LogP contribution in [-0.4, -0.2) is 4.98 Å². The lowest BCUT2D eigenvalue weighted by Gasteiger charge is -1.93. The first-order chi connectivity index (χ1) is 6.31. The Kier molecular flexibility index (Phi) is 1.64. The first-order valence-corrected chi connectivity index (χ1v) is 3.79. The second-order valence-corrected chi connectivity index (χ2v) is 2.64. The van der Waals surface area contributed by atoms with Crippen LogP contribution in [0.3, 0.4) is 0 Å². The Morgan fingerprint density at radius 1 is 1.54 bits per heavy atom. The van der Waals surface area contributed by atoms with Crippen LogP contribution in [0.25, 0.3) is 11.1 Å². The van der Waals surface area contributed by atoms with E-state index in [1.54, 1.807) is 18.2 Å². The molecule has 4 nitrogen and oxygen atoms in total. The highest BCUT2D eigenvalue weighted by atomic mass is 16.4. The third-order valence-corrected chi connectivity index (χ3v) is 1.81. The maximum Gasteiger partial charge on any atom is 0.417 e. The number of nitriles is 1. The van der Waals surface area contributed by atoms with E-state index < -0.39 is 5.76 Å². The summed E-state index contributed by atoms with van der Waals surface area (Å²) < 4.78 is 4.83. The summed E-state index contributed by atoms with van der Waals surface area (Å²) in [6, 6.07) is 7.25. The van der Waals surface area contributed by atoms with Gasteiger partial charge in [-0.2, -0.15) is 5.26 Å². The van der Waals surface area contributed by atoms with Gasteiger partial charge in [-0.15, -0.1) is 0 Å².